The Bertz CT molecular complexity index is 2920. The Hall–Kier alpha value is -7.33. The number of pyridine rings is 1. The van der Waals surface area contributed by atoms with Gasteiger partial charge in [-0.2, -0.15) is 15.5 Å². The lowest BCUT2D eigenvalue weighted by molar-refractivity contribution is -0.133. The van der Waals surface area contributed by atoms with E-state index in [9.17, 15) is 28.4 Å². The van der Waals surface area contributed by atoms with Crippen LogP contribution in [-0.2, 0) is 9.59 Å². The molecule has 16 nitrogen and oxygen atoms in total. The second-order valence-corrected chi connectivity index (χ2v) is 18.1. The monoisotopic (exact) mass is 909 g/mol. The van der Waals surface area contributed by atoms with Crippen molar-refractivity contribution in [2.24, 2.45) is 0 Å². The first kappa shape index (κ1) is 42.3. The van der Waals surface area contributed by atoms with E-state index in [2.05, 4.69) is 36.5 Å². The fraction of sp³-hybridized carbons (Fsp3) is 0.375. The number of imide groups is 1. The molecule has 0 unspecified atom stereocenters. The van der Waals surface area contributed by atoms with E-state index in [1.807, 2.05) is 29.2 Å². The Labute approximate surface area is 383 Å². The summed E-state index contributed by atoms with van der Waals surface area (Å²) in [5, 5.41) is 24.7. The minimum atomic E-state index is -0.865. The maximum atomic E-state index is 15.4. The lowest BCUT2D eigenvalue weighted by Gasteiger charge is -2.56. The topological polar surface area (TPSA) is 173 Å². The molecule has 3 amide bonds. The third-order valence-corrected chi connectivity index (χ3v) is 14.2. The maximum Gasteiger partial charge on any atom is 0.260 e. The van der Waals surface area contributed by atoms with Gasteiger partial charge in [0.15, 0.2) is 0 Å². The number of rotatable bonds is 9. The molecule has 1 saturated carbocycles. The largest absolute Gasteiger partial charge is 0.374 e. The van der Waals surface area contributed by atoms with Crippen LogP contribution in [0, 0.1) is 28.8 Å². The number of piperazine rings is 2. The highest BCUT2D eigenvalue weighted by atomic mass is 19.1. The van der Waals surface area contributed by atoms with Gasteiger partial charge in [-0.15, -0.1) is 0 Å². The summed E-state index contributed by atoms with van der Waals surface area (Å²) in [6.45, 7) is 4.01. The summed E-state index contributed by atoms with van der Waals surface area (Å²) < 4.78 is 48.0. The molecule has 6 fully saturated rings. The van der Waals surface area contributed by atoms with Crippen molar-refractivity contribution in [1.82, 2.24) is 44.5 Å². The van der Waals surface area contributed by atoms with Gasteiger partial charge in [0.1, 0.15) is 52.0 Å². The molecule has 6 aromatic rings. The van der Waals surface area contributed by atoms with Crippen molar-refractivity contribution in [3.8, 4) is 28.6 Å². The zero-order valence-electron chi connectivity index (χ0n) is 36.4. The van der Waals surface area contributed by atoms with E-state index in [1.165, 1.54) is 18.3 Å². The molecule has 342 valence electrons. The van der Waals surface area contributed by atoms with Crippen LogP contribution in [0.25, 0.3) is 28.0 Å². The van der Waals surface area contributed by atoms with Crippen LogP contribution in [0.1, 0.15) is 66.9 Å². The number of hydrogen-bond acceptors (Lipinski definition) is 12. The van der Waals surface area contributed by atoms with Crippen LogP contribution in [0.2, 0.25) is 0 Å². The molecule has 0 radical (unpaired) electrons. The van der Waals surface area contributed by atoms with Crippen molar-refractivity contribution in [3.05, 3.63) is 108 Å². The van der Waals surface area contributed by atoms with E-state index in [4.69, 9.17) is 15.1 Å². The van der Waals surface area contributed by atoms with Gasteiger partial charge in [0, 0.05) is 80.9 Å². The normalized spacial score (nSPS) is 23.2. The van der Waals surface area contributed by atoms with Gasteiger partial charge in [-0.1, -0.05) is 6.07 Å². The standard InChI is InChI=1S/C48H46F3N13O3/c49-36-2-1-3-37(50)44(36)48(67)64-34-19-35(64)26-61(25-34)42-12-4-28(21-53-42)45-46-29(20-52)22-55-63(46)27-40(57-45)30-23-54-62(24-30)33-8-6-32(7-9-33)59-14-16-60(17-15-59)41-11-5-31(18-38(41)51)56-39-10-13-43(65)58-47(39)66/h1-5,11-12,18,21-24,27,32-35,39,56H,6-10,13-17,19,25-26H2,(H,58,65,66)/t32?,33?,34-,35-,39-/m0/s1. The average Bonchev–Trinajstić information content (AvgIpc) is 4.01. The molecule has 19 heteroatoms. The number of nitrogens with zero attached hydrogens (tertiary/aromatic N) is 11. The Morgan fingerprint density at radius 3 is 2.25 bits per heavy atom. The summed E-state index contributed by atoms with van der Waals surface area (Å²) in [6, 6.07) is 14.1. The minimum absolute atomic E-state index is 0.197. The summed E-state index contributed by atoms with van der Waals surface area (Å²) in [6.07, 6.45) is 14.2. The molecule has 1 aliphatic carbocycles. The number of fused-ring (bicyclic) bond motifs is 3. The van der Waals surface area contributed by atoms with Gasteiger partial charge < -0.3 is 20.0 Å². The fourth-order valence-corrected chi connectivity index (χ4v) is 10.7. The molecule has 2 aromatic carbocycles. The first-order chi connectivity index (χ1) is 32.6. The number of nitriles is 1. The molecule has 6 aliphatic rings. The summed E-state index contributed by atoms with van der Waals surface area (Å²) in [5.41, 5.74) is 4.15. The summed E-state index contributed by atoms with van der Waals surface area (Å²) in [7, 11) is 0. The van der Waals surface area contributed by atoms with Gasteiger partial charge in [-0.3, -0.25) is 29.3 Å². The molecule has 5 aliphatic heterocycles. The van der Waals surface area contributed by atoms with Gasteiger partial charge in [-0.25, -0.2) is 27.7 Å². The zero-order valence-corrected chi connectivity index (χ0v) is 36.4. The van der Waals surface area contributed by atoms with Gasteiger partial charge in [0.25, 0.3) is 5.91 Å². The molecule has 3 atom stereocenters. The third kappa shape index (κ3) is 7.88. The van der Waals surface area contributed by atoms with E-state index >= 15 is 4.39 Å². The number of nitrogens with one attached hydrogen (secondary N) is 2. The lowest BCUT2D eigenvalue weighted by atomic mass is 9.86. The van der Waals surface area contributed by atoms with Crippen molar-refractivity contribution >= 4 is 40.4 Å². The second-order valence-electron chi connectivity index (χ2n) is 18.1. The number of carbonyl (C=O) groups excluding carboxylic acids is 3. The first-order valence-electron chi connectivity index (χ1n) is 22.8. The number of aromatic nitrogens is 6. The number of piperidine rings is 2. The van der Waals surface area contributed by atoms with Crippen LogP contribution < -0.4 is 20.4 Å². The van der Waals surface area contributed by atoms with E-state index in [-0.39, 0.29) is 36.3 Å². The Balaban J connectivity index is 0.718. The molecule has 12 rings (SSSR count). The zero-order chi connectivity index (χ0) is 45.9. The molecule has 0 spiro atoms. The third-order valence-electron chi connectivity index (χ3n) is 14.2. The van der Waals surface area contributed by atoms with Crippen molar-refractivity contribution < 1.29 is 27.6 Å². The van der Waals surface area contributed by atoms with Gasteiger partial charge in [0.2, 0.25) is 11.8 Å². The van der Waals surface area contributed by atoms with E-state index < -0.39 is 35.1 Å². The lowest BCUT2D eigenvalue weighted by Crippen LogP contribution is -2.70. The van der Waals surface area contributed by atoms with Gasteiger partial charge in [-0.05, 0) is 81.0 Å². The number of halogens is 3. The quantitative estimate of drug-likeness (QED) is 0.173. The van der Waals surface area contributed by atoms with Crippen LogP contribution >= 0.6 is 0 Å². The Morgan fingerprint density at radius 1 is 0.791 bits per heavy atom. The van der Waals surface area contributed by atoms with Crippen LogP contribution in [0.3, 0.4) is 0 Å². The fourth-order valence-electron chi connectivity index (χ4n) is 10.7. The number of amides is 3. The van der Waals surface area contributed by atoms with Crippen LogP contribution in [0.15, 0.2) is 79.5 Å². The highest BCUT2D eigenvalue weighted by Crippen LogP contribution is 2.38. The second kappa shape index (κ2) is 17.1. The Morgan fingerprint density at radius 2 is 1.55 bits per heavy atom. The van der Waals surface area contributed by atoms with Crippen LogP contribution in [0.5, 0.6) is 0 Å². The van der Waals surface area contributed by atoms with Gasteiger partial charge in [0.05, 0.1) is 53.8 Å². The summed E-state index contributed by atoms with van der Waals surface area (Å²) in [5.74, 6) is -2.70. The molecule has 9 heterocycles. The van der Waals surface area contributed by atoms with Gasteiger partial charge >= 0.3 is 0 Å². The molecular weight excluding hydrogens is 864 g/mol. The van der Waals surface area contributed by atoms with E-state index in [1.54, 1.807) is 33.9 Å². The summed E-state index contributed by atoms with van der Waals surface area (Å²) in [4.78, 5) is 55.0. The first-order valence-corrected chi connectivity index (χ1v) is 22.8. The predicted molar refractivity (Wildman–Crippen MR) is 240 cm³/mol. The molecular formula is C48H46F3N13O3. The van der Waals surface area contributed by atoms with Crippen LogP contribution in [0.4, 0.5) is 30.4 Å². The minimum Gasteiger partial charge on any atom is -0.374 e. The predicted octanol–water partition coefficient (Wildman–Crippen LogP) is 5.57. The van der Waals surface area contributed by atoms with Crippen molar-refractivity contribution in [2.75, 3.05) is 54.4 Å². The highest BCUT2D eigenvalue weighted by Gasteiger charge is 2.48. The van der Waals surface area contributed by atoms with E-state index in [0.29, 0.717) is 83.9 Å². The Kier molecular flexibility index (Phi) is 10.8. The van der Waals surface area contributed by atoms with Crippen molar-refractivity contribution in [1.29, 1.82) is 5.26 Å². The summed E-state index contributed by atoms with van der Waals surface area (Å²) >= 11 is 0. The van der Waals surface area contributed by atoms with Crippen LogP contribution in [-0.4, -0.2) is 120 Å². The number of carbonyl (C=O) groups is 3. The molecule has 67 heavy (non-hydrogen) atoms. The van der Waals surface area contributed by atoms with Crippen molar-refractivity contribution in [2.45, 2.75) is 75.2 Å². The smallest absolute Gasteiger partial charge is 0.260 e. The highest BCUT2D eigenvalue weighted by molar-refractivity contribution is 6.01. The number of benzene rings is 2. The molecule has 5 saturated heterocycles. The average molecular weight is 910 g/mol. The molecule has 2 N–H and O–H groups in total. The van der Waals surface area contributed by atoms with E-state index in [0.717, 1.165) is 62.9 Å². The SMILES string of the molecule is N#Cc1cnn2cc(-c3cnn(C4CCC(N5CCN(c6ccc(N[C@H]7CCC(=O)NC7=O)cc6F)CC5)CC4)c3)nc(-c3ccc(N4C[C@@H]5C[C@@H](C4)N5C(=O)c4c(F)cccc4F)nc3)c12. The maximum absolute atomic E-state index is 15.4. The molecule has 2 bridgehead atoms. The number of anilines is 3. The number of hydrogen-bond donors (Lipinski definition) is 2. The molecule has 4 aromatic heterocycles. The van der Waals surface area contributed by atoms with Crippen molar-refractivity contribution in [3.63, 3.8) is 0 Å².